The van der Waals surface area contributed by atoms with E-state index in [9.17, 15) is 76.7 Å². The number of amides is 5. The van der Waals surface area contributed by atoms with Crippen LogP contribution in [0.3, 0.4) is 0 Å². The van der Waals surface area contributed by atoms with Crippen molar-refractivity contribution < 1.29 is 76.7 Å². The number of aromatic nitrogens is 5. The Balaban J connectivity index is 0.000000112. The fraction of sp³-hybridized carbons (Fsp3) is 0.176. The maximum absolute atomic E-state index is 14.2. The Morgan fingerprint density at radius 3 is 0.860 bits per heavy atom. The van der Waals surface area contributed by atoms with Crippen molar-refractivity contribution in [2.45, 2.75) is 73.5 Å². The molecule has 0 fully saturated rings. The van der Waals surface area contributed by atoms with Crippen LogP contribution in [-0.4, -0.2) is 85.1 Å². The van der Waals surface area contributed by atoms with Crippen molar-refractivity contribution in [2.75, 3.05) is 32.7 Å². The van der Waals surface area contributed by atoms with E-state index in [4.69, 9.17) is 34.8 Å². The van der Waals surface area contributed by atoms with E-state index in [1.165, 1.54) is 97.1 Å². The van der Waals surface area contributed by atoms with Gasteiger partial charge < -0.3 is 49.4 Å². The minimum Gasteiger partial charge on any atom is -0.349 e. The fourth-order valence-electron chi connectivity index (χ4n) is 17.1. The molecule has 5 aliphatic rings. The highest BCUT2D eigenvalue weighted by molar-refractivity contribution is 6.42. The Morgan fingerprint density at radius 1 is 0.281 bits per heavy atom. The first-order chi connectivity index (χ1) is 57.7. The van der Waals surface area contributed by atoms with Gasteiger partial charge in [-0.15, -0.1) is 0 Å². The molecule has 5 amide bonds. The van der Waals surface area contributed by atoms with E-state index < -0.39 is 52.5 Å². The molecule has 0 saturated heterocycles. The van der Waals surface area contributed by atoms with Crippen LogP contribution >= 0.6 is 34.8 Å². The Kier molecular flexibility index (Phi) is 21.8. The van der Waals surface area contributed by atoms with Gasteiger partial charge in [-0.05, 0) is 212 Å². The standard InChI is InChI=1S/C19H14F4N2O.C18H13Cl2FN2O.C18H13ClF2N2O.C18H13F3N2O.C18H14F2N2O/c1-10-14-8-13(20)9-15(11-2-4-12(5-3-11)19(21,22)23)17(14)25-7-6-24-18(26)16(10)25;1-9-12-7-11(21)8-13(10-2-3-14(19)15(20)6-10)17(12)23-5-4-22-18(24)16(9)23;1-9-12-7-11(20)8-13(10-2-3-14(19)15(21)6-10)17(12)23-5-4-22-18(24)16(9)23;1-9-14-7-13(21)8-15(10-4-11(19)6-12(20)5-10)17(14)23-3-2-22-18(24)16(9)23;1-10-14-8-13(20)9-15(11-3-2-4-12(19)7-11)17(14)22-6-5-21-18(23)16(10)22/h2-5,8-9H,6-7H2,1H3,(H,24,26);2*2-3,6-8H,4-5H2,1H3,(H,22,24);4-8H,2-3H2,1H3,(H,22,24);2-4,7-9H,5-6H2,1H3,(H,21,23). The molecular formula is C91H67Cl3F12N10O5. The highest BCUT2D eigenvalue weighted by Crippen LogP contribution is 2.44. The molecule has 0 unspecified atom stereocenters. The smallest absolute Gasteiger partial charge is 0.349 e. The molecule has 10 heterocycles. The van der Waals surface area contributed by atoms with Crippen molar-refractivity contribution in [2.24, 2.45) is 0 Å². The van der Waals surface area contributed by atoms with Gasteiger partial charge in [0.15, 0.2) is 0 Å². The van der Waals surface area contributed by atoms with Gasteiger partial charge in [-0.1, -0.05) is 71.2 Å². The number of carbonyl (C=O) groups excluding carboxylic acids is 5. The maximum atomic E-state index is 14.2. The summed E-state index contributed by atoms with van der Waals surface area (Å²) < 4.78 is 173. The molecule has 15 nitrogen and oxygen atoms in total. The van der Waals surface area contributed by atoms with Gasteiger partial charge >= 0.3 is 6.18 Å². The zero-order chi connectivity index (χ0) is 85.8. The van der Waals surface area contributed by atoms with Crippen LogP contribution < -0.4 is 26.6 Å². The average Bonchev–Trinajstić information content (AvgIpc) is 1.61. The monoisotopic (exact) mass is 1710 g/mol. The van der Waals surface area contributed by atoms with Crippen molar-refractivity contribution in [3.05, 3.63) is 293 Å². The van der Waals surface area contributed by atoms with Crippen molar-refractivity contribution in [3.63, 3.8) is 0 Å². The summed E-state index contributed by atoms with van der Waals surface area (Å²) in [5.41, 5.74) is 14.3. The third-order valence-electron chi connectivity index (χ3n) is 22.3. The number of halogens is 15. The molecule has 121 heavy (non-hydrogen) atoms. The number of nitrogens with zero attached hydrogens (tertiary/aromatic N) is 5. The summed E-state index contributed by atoms with van der Waals surface area (Å²) >= 11 is 17.9. The number of fused-ring (bicyclic) bond motifs is 15. The summed E-state index contributed by atoms with van der Waals surface area (Å²) in [6, 6.07) is 37.2. The highest BCUT2D eigenvalue weighted by atomic mass is 35.5. The summed E-state index contributed by atoms with van der Waals surface area (Å²) in [6.07, 6.45) is -4.43. The van der Waals surface area contributed by atoms with Gasteiger partial charge in [0.1, 0.15) is 80.8 Å². The van der Waals surface area contributed by atoms with Crippen LogP contribution in [-0.2, 0) is 38.9 Å². The number of aryl methyl sites for hydroxylation is 5. The number of benzene rings is 10. The van der Waals surface area contributed by atoms with E-state index in [0.29, 0.717) is 192 Å². The number of carbonyl (C=O) groups is 5. The van der Waals surface area contributed by atoms with Gasteiger partial charge in [-0.3, -0.25) is 24.0 Å². The molecule has 0 radical (unpaired) electrons. The molecule has 20 rings (SSSR count). The first-order valence-electron chi connectivity index (χ1n) is 38.1. The van der Waals surface area contributed by atoms with Gasteiger partial charge in [-0.2, -0.15) is 13.2 Å². The zero-order valence-electron chi connectivity index (χ0n) is 64.6. The molecule has 30 heteroatoms. The molecule has 0 atom stereocenters. The van der Waals surface area contributed by atoms with Crippen LogP contribution in [0.1, 0.15) is 85.8 Å². The zero-order valence-corrected chi connectivity index (χ0v) is 66.9. The van der Waals surface area contributed by atoms with Crippen LogP contribution in [0.2, 0.25) is 15.1 Å². The van der Waals surface area contributed by atoms with Gasteiger partial charge in [0.25, 0.3) is 29.5 Å². The number of alkyl halides is 3. The third-order valence-corrected chi connectivity index (χ3v) is 23.4. The second kappa shape index (κ2) is 32.1. The first-order valence-corrected chi connectivity index (χ1v) is 39.2. The number of nitrogens with one attached hydrogen (secondary N) is 5. The highest BCUT2D eigenvalue weighted by Gasteiger charge is 2.34. The van der Waals surface area contributed by atoms with Crippen LogP contribution in [0.15, 0.2) is 164 Å². The molecule has 15 aromatic rings. The predicted octanol–water partition coefficient (Wildman–Crippen LogP) is 21.0. The van der Waals surface area contributed by atoms with E-state index in [1.54, 1.807) is 61.7 Å². The molecule has 5 N–H and O–H groups in total. The predicted molar refractivity (Wildman–Crippen MR) is 442 cm³/mol. The van der Waals surface area contributed by atoms with Crippen LogP contribution in [0.25, 0.3) is 110 Å². The van der Waals surface area contributed by atoms with Crippen LogP contribution in [0.5, 0.6) is 0 Å². The second-order valence-electron chi connectivity index (χ2n) is 29.7. The molecule has 5 aromatic heterocycles. The minimum atomic E-state index is -4.43. The Hall–Kier alpha value is -12.7. The van der Waals surface area contributed by atoms with E-state index in [1.807, 2.05) is 32.1 Å². The Bertz CT molecular complexity index is 6740. The lowest BCUT2D eigenvalue weighted by Gasteiger charge is -2.18. The van der Waals surface area contributed by atoms with Gasteiger partial charge in [0.2, 0.25) is 0 Å². The van der Waals surface area contributed by atoms with Gasteiger partial charge in [-0.25, -0.2) is 39.5 Å². The van der Waals surface area contributed by atoms with E-state index >= 15 is 0 Å². The average molecular weight is 1710 g/mol. The minimum absolute atomic E-state index is 0.0131. The third kappa shape index (κ3) is 15.0. The Labute approximate surface area is 696 Å². The first kappa shape index (κ1) is 82.0. The molecule has 0 spiro atoms. The molecule has 0 bridgehead atoms. The van der Waals surface area contributed by atoms with E-state index in [2.05, 4.69) is 26.6 Å². The van der Waals surface area contributed by atoms with Crippen molar-refractivity contribution in [3.8, 4) is 55.6 Å². The molecule has 616 valence electrons. The topological polar surface area (TPSA) is 170 Å². The van der Waals surface area contributed by atoms with E-state index in [-0.39, 0.29) is 51.8 Å². The van der Waals surface area contributed by atoms with Crippen LogP contribution in [0, 0.1) is 87.0 Å². The van der Waals surface area contributed by atoms with E-state index in [0.717, 1.165) is 74.5 Å². The quantitative estimate of drug-likeness (QED) is 0.108. The summed E-state index contributed by atoms with van der Waals surface area (Å²) in [5, 5.41) is 18.1. The molecular weight excluding hydrogens is 1650 g/mol. The summed E-state index contributed by atoms with van der Waals surface area (Å²) in [6.45, 7) is 14.3. The largest absolute Gasteiger partial charge is 0.416 e. The number of hydrogen-bond donors (Lipinski definition) is 5. The molecule has 10 aromatic carbocycles. The normalized spacial score (nSPS) is 14.0. The SMILES string of the molecule is Cc1c2n(c3c(-c4cc(F)cc(F)c4)cc(F)cc13)CCNC2=O.Cc1c2n(c3c(-c4ccc(C(F)(F)F)cc4)cc(F)cc13)CCNC2=O.Cc1c2n(c3c(-c4ccc(Cl)c(Cl)c4)cc(F)cc13)CCNC2=O.Cc1c2n(c3c(-c4ccc(Cl)c(F)c4)cc(F)cc13)CCNC2=O.Cc1c2n(c3c(-c4cccc(F)c4)cc(F)cc13)CCNC2=O. The van der Waals surface area contributed by atoms with Crippen molar-refractivity contribution in [1.82, 2.24) is 49.4 Å². The van der Waals surface area contributed by atoms with Gasteiger partial charge in [0, 0.05) is 126 Å². The van der Waals surface area contributed by atoms with Gasteiger partial charge in [0.05, 0.1) is 48.2 Å². The van der Waals surface area contributed by atoms with Crippen molar-refractivity contribution in [1.29, 1.82) is 0 Å². The number of rotatable bonds is 5. The molecule has 0 saturated carbocycles. The van der Waals surface area contributed by atoms with Crippen LogP contribution in [0.4, 0.5) is 52.7 Å². The summed E-state index contributed by atoms with van der Waals surface area (Å²) in [7, 11) is 0. The summed E-state index contributed by atoms with van der Waals surface area (Å²) in [5.74, 6) is -5.54. The van der Waals surface area contributed by atoms with Crippen molar-refractivity contribution >= 4 is 119 Å². The fourth-order valence-corrected chi connectivity index (χ4v) is 17.5. The lowest BCUT2D eigenvalue weighted by Crippen LogP contribution is -2.35. The second-order valence-corrected chi connectivity index (χ2v) is 30.9. The summed E-state index contributed by atoms with van der Waals surface area (Å²) in [4.78, 5) is 61.0. The molecule has 5 aliphatic heterocycles. The Morgan fingerprint density at radius 2 is 0.554 bits per heavy atom. The maximum Gasteiger partial charge on any atom is 0.416 e. The lowest BCUT2D eigenvalue weighted by molar-refractivity contribution is -0.137. The molecule has 0 aliphatic carbocycles. The lowest BCUT2D eigenvalue weighted by atomic mass is 10.00. The number of hydrogen-bond acceptors (Lipinski definition) is 5.